The van der Waals surface area contributed by atoms with Crippen molar-refractivity contribution < 1.29 is 4.79 Å². The van der Waals surface area contributed by atoms with E-state index < -0.39 is 0 Å². The molecule has 3 heteroatoms. The Morgan fingerprint density at radius 1 is 1.57 bits per heavy atom. The molecule has 0 saturated carbocycles. The van der Waals surface area contributed by atoms with E-state index in [1.165, 1.54) is 6.42 Å². The maximum atomic E-state index is 10.6. The molecule has 0 radical (unpaired) electrons. The van der Waals surface area contributed by atoms with E-state index in [-0.39, 0.29) is 5.41 Å². The van der Waals surface area contributed by atoms with Gasteiger partial charge in [-0.1, -0.05) is 20.8 Å². The largest absolute Gasteiger partial charge is 0.348 e. The zero-order valence-corrected chi connectivity index (χ0v) is 10.9. The summed E-state index contributed by atoms with van der Waals surface area (Å²) in [4.78, 5) is 12.3. The van der Waals surface area contributed by atoms with Crippen molar-refractivity contribution in [1.82, 2.24) is 4.90 Å². The van der Waals surface area contributed by atoms with Gasteiger partial charge in [0.2, 0.25) is 6.41 Å². The van der Waals surface area contributed by atoms with Crippen LogP contribution in [0.5, 0.6) is 0 Å². The molecule has 0 aliphatic carbocycles. The molecule has 0 rings (SSSR count). The number of rotatable bonds is 7. The monoisotopic (exact) mass is 217 g/mol. The third kappa shape index (κ3) is 4.89. The van der Waals surface area contributed by atoms with Gasteiger partial charge in [-0.05, 0) is 24.5 Å². The molecule has 0 bridgehead atoms. The van der Waals surface area contributed by atoms with Crippen LogP contribution >= 0.6 is 11.8 Å². The number of nitrogens with zero attached hydrogens (tertiary/aromatic N) is 1. The van der Waals surface area contributed by atoms with E-state index in [1.807, 2.05) is 18.8 Å². The predicted octanol–water partition coefficient (Wildman–Crippen LogP) is 2.63. The van der Waals surface area contributed by atoms with Gasteiger partial charge in [0.25, 0.3) is 0 Å². The van der Waals surface area contributed by atoms with Crippen LogP contribution in [0.1, 0.15) is 33.6 Å². The molecule has 1 amide bonds. The van der Waals surface area contributed by atoms with Gasteiger partial charge in [-0.3, -0.25) is 4.79 Å². The van der Waals surface area contributed by atoms with Gasteiger partial charge in [-0.15, -0.1) is 0 Å². The lowest BCUT2D eigenvalue weighted by molar-refractivity contribution is -0.118. The van der Waals surface area contributed by atoms with E-state index in [1.54, 1.807) is 4.90 Å². The molecule has 14 heavy (non-hydrogen) atoms. The second-order valence-corrected chi connectivity index (χ2v) is 5.71. The topological polar surface area (TPSA) is 20.3 Å². The first kappa shape index (κ1) is 13.8. The number of carbonyl (C=O) groups excluding carboxylic acids is 1. The molecule has 0 spiro atoms. The molecule has 2 unspecified atom stereocenters. The summed E-state index contributed by atoms with van der Waals surface area (Å²) in [5, 5.41) is 0.667. The van der Waals surface area contributed by atoms with Crippen LogP contribution in [0.4, 0.5) is 0 Å². The molecule has 0 N–H and O–H groups in total. The number of carbonyl (C=O) groups is 1. The van der Waals surface area contributed by atoms with Gasteiger partial charge in [0, 0.05) is 18.8 Å². The third-order valence-corrected chi connectivity index (χ3v) is 3.82. The Balaban J connectivity index is 4.23. The molecular weight excluding hydrogens is 194 g/mol. The summed E-state index contributed by atoms with van der Waals surface area (Å²) in [6, 6.07) is 0. The summed E-state index contributed by atoms with van der Waals surface area (Å²) in [5.41, 5.74) is 0.262. The average molecular weight is 217 g/mol. The van der Waals surface area contributed by atoms with E-state index in [9.17, 15) is 4.79 Å². The maximum absolute atomic E-state index is 10.6. The van der Waals surface area contributed by atoms with Crippen molar-refractivity contribution in [3.8, 4) is 0 Å². The quantitative estimate of drug-likeness (QED) is 0.611. The lowest BCUT2D eigenvalue weighted by Gasteiger charge is -2.33. The van der Waals surface area contributed by atoms with Gasteiger partial charge in [0.05, 0.1) is 0 Å². The molecule has 0 aliphatic heterocycles. The average Bonchev–Trinajstić information content (AvgIpc) is 2.17. The summed E-state index contributed by atoms with van der Waals surface area (Å²) >= 11 is 1.89. The first-order valence-electron chi connectivity index (χ1n) is 5.15. The SMILES string of the molecule is CCC(C)(CC(C)SC)CN(C)C=O. The minimum absolute atomic E-state index is 0.262. The highest BCUT2D eigenvalue weighted by Gasteiger charge is 2.25. The summed E-state index contributed by atoms with van der Waals surface area (Å²) in [6.45, 7) is 7.57. The Hall–Kier alpha value is -0.180. The molecule has 2 nitrogen and oxygen atoms in total. The smallest absolute Gasteiger partial charge is 0.209 e. The van der Waals surface area contributed by atoms with E-state index in [0.29, 0.717) is 5.25 Å². The molecular formula is C11H23NOS. The molecule has 0 aromatic heterocycles. The molecule has 0 fully saturated rings. The molecule has 0 heterocycles. The van der Waals surface area contributed by atoms with Gasteiger partial charge in [-0.2, -0.15) is 11.8 Å². The predicted molar refractivity (Wildman–Crippen MR) is 64.7 cm³/mol. The van der Waals surface area contributed by atoms with Gasteiger partial charge < -0.3 is 4.90 Å². The van der Waals surface area contributed by atoms with Crippen LogP contribution in [0.3, 0.4) is 0 Å². The Bertz CT molecular complexity index is 175. The molecule has 0 saturated heterocycles. The van der Waals surface area contributed by atoms with Crippen LogP contribution in [-0.4, -0.2) is 36.4 Å². The third-order valence-electron chi connectivity index (χ3n) is 2.85. The number of amides is 1. The summed E-state index contributed by atoms with van der Waals surface area (Å²) in [5.74, 6) is 0. The van der Waals surface area contributed by atoms with Crippen molar-refractivity contribution in [2.24, 2.45) is 5.41 Å². The first-order chi connectivity index (χ1) is 6.47. The number of hydrogen-bond acceptors (Lipinski definition) is 2. The number of thioether (sulfide) groups is 1. The van der Waals surface area contributed by atoms with Crippen LogP contribution in [0.25, 0.3) is 0 Å². The lowest BCUT2D eigenvalue weighted by atomic mass is 9.82. The van der Waals surface area contributed by atoms with Gasteiger partial charge in [0.1, 0.15) is 0 Å². The number of hydrogen-bond donors (Lipinski definition) is 0. The van der Waals surface area contributed by atoms with Crippen molar-refractivity contribution in [2.45, 2.75) is 38.9 Å². The minimum atomic E-state index is 0.262. The van der Waals surface area contributed by atoms with Crippen LogP contribution in [0.15, 0.2) is 0 Å². The first-order valence-corrected chi connectivity index (χ1v) is 6.44. The molecule has 0 aromatic carbocycles. The van der Waals surface area contributed by atoms with Crippen molar-refractivity contribution in [2.75, 3.05) is 19.8 Å². The Kier molecular flexibility index (Phi) is 6.25. The normalized spacial score (nSPS) is 17.2. The fourth-order valence-corrected chi connectivity index (χ4v) is 2.31. The van der Waals surface area contributed by atoms with Crippen LogP contribution in [0.2, 0.25) is 0 Å². The van der Waals surface area contributed by atoms with Crippen LogP contribution < -0.4 is 0 Å². The molecule has 2 atom stereocenters. The lowest BCUT2D eigenvalue weighted by Crippen LogP contribution is -2.34. The fourth-order valence-electron chi connectivity index (χ4n) is 1.74. The van der Waals surface area contributed by atoms with Gasteiger partial charge >= 0.3 is 0 Å². The minimum Gasteiger partial charge on any atom is -0.348 e. The standard InChI is InChI=1S/C11H23NOS/c1-6-11(3,7-10(2)14-5)8-12(4)9-13/h9-10H,6-8H2,1-5H3. The molecule has 0 aliphatic rings. The Morgan fingerprint density at radius 2 is 2.14 bits per heavy atom. The maximum Gasteiger partial charge on any atom is 0.209 e. The van der Waals surface area contributed by atoms with Gasteiger partial charge in [-0.25, -0.2) is 0 Å². The Morgan fingerprint density at radius 3 is 2.50 bits per heavy atom. The second kappa shape index (κ2) is 6.33. The molecule has 84 valence electrons. The summed E-state index contributed by atoms with van der Waals surface area (Å²) in [6.07, 6.45) is 5.35. The highest BCUT2D eigenvalue weighted by atomic mass is 32.2. The van der Waals surface area contributed by atoms with Gasteiger partial charge in [0.15, 0.2) is 0 Å². The zero-order valence-electron chi connectivity index (χ0n) is 10.0. The molecule has 0 aromatic rings. The van der Waals surface area contributed by atoms with Crippen molar-refractivity contribution >= 4 is 18.2 Å². The van der Waals surface area contributed by atoms with Crippen molar-refractivity contribution in [3.05, 3.63) is 0 Å². The zero-order chi connectivity index (χ0) is 11.2. The van der Waals surface area contributed by atoms with Crippen molar-refractivity contribution in [1.29, 1.82) is 0 Å². The van der Waals surface area contributed by atoms with E-state index in [4.69, 9.17) is 0 Å². The van der Waals surface area contributed by atoms with E-state index in [0.717, 1.165) is 19.4 Å². The highest BCUT2D eigenvalue weighted by molar-refractivity contribution is 7.99. The Labute approximate surface area is 92.4 Å². The van der Waals surface area contributed by atoms with Crippen LogP contribution in [-0.2, 0) is 4.79 Å². The summed E-state index contributed by atoms with van der Waals surface area (Å²) < 4.78 is 0. The summed E-state index contributed by atoms with van der Waals surface area (Å²) in [7, 11) is 1.85. The van der Waals surface area contributed by atoms with E-state index in [2.05, 4.69) is 27.0 Å². The van der Waals surface area contributed by atoms with Crippen LogP contribution in [0, 0.1) is 5.41 Å². The fraction of sp³-hybridized carbons (Fsp3) is 0.909. The highest BCUT2D eigenvalue weighted by Crippen LogP contribution is 2.31. The van der Waals surface area contributed by atoms with E-state index >= 15 is 0 Å². The van der Waals surface area contributed by atoms with Crippen molar-refractivity contribution in [3.63, 3.8) is 0 Å². The second-order valence-electron chi connectivity index (χ2n) is 4.44.